The van der Waals surface area contributed by atoms with Gasteiger partial charge < -0.3 is 8.83 Å². The summed E-state index contributed by atoms with van der Waals surface area (Å²) in [6, 6.07) is 8.69. The van der Waals surface area contributed by atoms with Crippen molar-refractivity contribution in [3.05, 3.63) is 47.0 Å². The van der Waals surface area contributed by atoms with Gasteiger partial charge in [0.1, 0.15) is 11.2 Å². The summed E-state index contributed by atoms with van der Waals surface area (Å²) < 4.78 is 10.2. The lowest BCUT2D eigenvalue weighted by Crippen LogP contribution is -1.93. The average Bonchev–Trinajstić information content (AvgIpc) is 2.61. The summed E-state index contributed by atoms with van der Waals surface area (Å²) in [7, 11) is 0. The summed E-state index contributed by atoms with van der Waals surface area (Å²) in [5.74, 6) is 0. The van der Waals surface area contributed by atoms with Gasteiger partial charge in [0.25, 0.3) is 0 Å². The Kier molecular flexibility index (Phi) is 2.25. The molecule has 0 radical (unpaired) electrons. The van der Waals surface area contributed by atoms with Gasteiger partial charge in [-0.3, -0.25) is 0 Å². The van der Waals surface area contributed by atoms with Crippen molar-refractivity contribution in [2.75, 3.05) is 0 Å². The fourth-order valence-corrected chi connectivity index (χ4v) is 1.53. The Hall–Kier alpha value is -1.74. The molecule has 0 bridgehead atoms. The van der Waals surface area contributed by atoms with Crippen LogP contribution in [-0.4, -0.2) is 0 Å². The highest BCUT2D eigenvalue weighted by Gasteiger charge is 2.01. The zero-order valence-electron chi connectivity index (χ0n) is 7.60. The van der Waals surface area contributed by atoms with Crippen molar-refractivity contribution in [2.45, 2.75) is 0 Å². The van der Waals surface area contributed by atoms with E-state index in [2.05, 4.69) is 0 Å². The molecule has 0 unspecified atom stereocenters. The van der Waals surface area contributed by atoms with Gasteiger partial charge in [0, 0.05) is 22.9 Å². The molecule has 3 rings (SSSR count). The number of hydrogen-bond acceptors (Lipinski definition) is 3. The third-order valence-electron chi connectivity index (χ3n) is 2.19. The van der Waals surface area contributed by atoms with Crippen LogP contribution in [0.3, 0.4) is 0 Å². The molecular formula is C11H7ClO3. The Morgan fingerprint density at radius 3 is 2.60 bits per heavy atom. The predicted octanol–water partition coefficient (Wildman–Crippen LogP) is 2.96. The van der Waals surface area contributed by atoms with E-state index in [9.17, 15) is 4.79 Å². The van der Waals surface area contributed by atoms with Crippen LogP contribution in [0.15, 0.2) is 50.2 Å². The van der Waals surface area contributed by atoms with Gasteiger partial charge >= 0.3 is 5.63 Å². The average molecular weight is 223 g/mol. The first kappa shape index (κ1) is 9.80. The monoisotopic (exact) mass is 222 g/mol. The van der Waals surface area contributed by atoms with Gasteiger partial charge in [0.05, 0.1) is 6.26 Å². The van der Waals surface area contributed by atoms with Crippen molar-refractivity contribution in [3.63, 3.8) is 0 Å². The van der Waals surface area contributed by atoms with Gasteiger partial charge in [-0.15, -0.1) is 12.4 Å². The molecule has 0 saturated heterocycles. The maximum Gasteiger partial charge on any atom is 0.336 e. The van der Waals surface area contributed by atoms with Gasteiger partial charge in [-0.1, -0.05) is 0 Å². The zero-order chi connectivity index (χ0) is 9.54. The predicted molar refractivity (Wildman–Crippen MR) is 59.5 cm³/mol. The number of fused-ring (bicyclic) bond motifs is 2. The molecule has 15 heavy (non-hydrogen) atoms. The molecule has 4 heteroatoms. The van der Waals surface area contributed by atoms with Crippen molar-refractivity contribution in [2.24, 2.45) is 0 Å². The second-order valence-electron chi connectivity index (χ2n) is 3.10. The molecule has 76 valence electrons. The second-order valence-corrected chi connectivity index (χ2v) is 3.10. The molecule has 0 aliphatic heterocycles. The third-order valence-corrected chi connectivity index (χ3v) is 2.19. The van der Waals surface area contributed by atoms with Crippen molar-refractivity contribution in [1.29, 1.82) is 0 Å². The number of halogens is 1. The molecule has 0 aliphatic carbocycles. The smallest absolute Gasteiger partial charge is 0.336 e. The van der Waals surface area contributed by atoms with E-state index >= 15 is 0 Å². The SMILES string of the molecule is Cl.O=c1ccc2cc3ccoc3cc2o1. The van der Waals surface area contributed by atoms with E-state index < -0.39 is 0 Å². The third kappa shape index (κ3) is 1.51. The molecule has 0 fully saturated rings. The Labute approximate surface area is 90.7 Å². The summed E-state index contributed by atoms with van der Waals surface area (Å²) in [5.41, 5.74) is 0.940. The highest BCUT2D eigenvalue weighted by molar-refractivity contribution is 5.92. The Bertz CT molecular complexity index is 666. The van der Waals surface area contributed by atoms with E-state index in [0.717, 1.165) is 16.4 Å². The molecule has 0 aliphatic rings. The van der Waals surface area contributed by atoms with Crippen LogP contribution in [0.5, 0.6) is 0 Å². The standard InChI is InChI=1S/C11H6O3.ClH/c12-11-2-1-7-5-8-3-4-13-9(8)6-10(7)14-11;/h1-6H;1H. The van der Waals surface area contributed by atoms with Gasteiger partial charge in [-0.05, 0) is 18.2 Å². The number of furan rings is 1. The molecule has 2 aromatic heterocycles. The Balaban J connectivity index is 0.000000853. The molecule has 3 nitrogen and oxygen atoms in total. The normalized spacial score (nSPS) is 10.4. The van der Waals surface area contributed by atoms with Crippen molar-refractivity contribution in [1.82, 2.24) is 0 Å². The molecule has 0 spiro atoms. The minimum atomic E-state index is -0.344. The fraction of sp³-hybridized carbons (Fsp3) is 0. The molecule has 1 aromatic carbocycles. The summed E-state index contributed by atoms with van der Waals surface area (Å²) in [6.07, 6.45) is 1.61. The largest absolute Gasteiger partial charge is 0.464 e. The second kappa shape index (κ2) is 3.44. The highest BCUT2D eigenvalue weighted by Crippen LogP contribution is 2.22. The zero-order valence-corrected chi connectivity index (χ0v) is 8.41. The van der Waals surface area contributed by atoms with Gasteiger partial charge in [0.2, 0.25) is 0 Å². The summed E-state index contributed by atoms with van der Waals surface area (Å²) in [5, 5.41) is 1.91. The fourth-order valence-electron chi connectivity index (χ4n) is 1.53. The topological polar surface area (TPSA) is 43.4 Å². The molecule has 2 heterocycles. The van der Waals surface area contributed by atoms with E-state index in [1.165, 1.54) is 6.07 Å². The first-order valence-electron chi connectivity index (χ1n) is 4.24. The van der Waals surface area contributed by atoms with E-state index in [1.54, 1.807) is 18.4 Å². The van der Waals surface area contributed by atoms with E-state index in [4.69, 9.17) is 8.83 Å². The van der Waals surface area contributed by atoms with Gasteiger partial charge in [0.15, 0.2) is 0 Å². The van der Waals surface area contributed by atoms with Crippen LogP contribution < -0.4 is 5.63 Å². The van der Waals surface area contributed by atoms with Gasteiger partial charge in [-0.2, -0.15) is 0 Å². The van der Waals surface area contributed by atoms with Gasteiger partial charge in [-0.25, -0.2) is 4.79 Å². The van der Waals surface area contributed by atoms with Crippen LogP contribution in [0.25, 0.3) is 21.9 Å². The van der Waals surface area contributed by atoms with Crippen LogP contribution in [-0.2, 0) is 0 Å². The highest BCUT2D eigenvalue weighted by atomic mass is 35.5. The van der Waals surface area contributed by atoms with Crippen LogP contribution in [0, 0.1) is 0 Å². The van der Waals surface area contributed by atoms with Crippen LogP contribution in [0.4, 0.5) is 0 Å². The van der Waals surface area contributed by atoms with Crippen molar-refractivity contribution >= 4 is 34.3 Å². The van der Waals surface area contributed by atoms with Crippen LogP contribution in [0.2, 0.25) is 0 Å². The summed E-state index contributed by atoms with van der Waals surface area (Å²) in [4.78, 5) is 11.0. The molecule has 3 aromatic rings. The molecule has 0 atom stereocenters. The quantitative estimate of drug-likeness (QED) is 0.549. The lowest BCUT2D eigenvalue weighted by atomic mass is 10.2. The molecule has 0 saturated carbocycles. The molecule has 0 amide bonds. The first-order chi connectivity index (χ1) is 6.83. The van der Waals surface area contributed by atoms with E-state index in [-0.39, 0.29) is 18.0 Å². The minimum Gasteiger partial charge on any atom is -0.464 e. The summed E-state index contributed by atoms with van der Waals surface area (Å²) >= 11 is 0. The van der Waals surface area contributed by atoms with Crippen LogP contribution in [0.1, 0.15) is 0 Å². The molecular weight excluding hydrogens is 216 g/mol. The lowest BCUT2D eigenvalue weighted by Gasteiger charge is -1.94. The Morgan fingerprint density at radius 1 is 0.933 bits per heavy atom. The number of benzene rings is 1. The number of hydrogen-bond donors (Lipinski definition) is 0. The summed E-state index contributed by atoms with van der Waals surface area (Å²) in [6.45, 7) is 0. The van der Waals surface area contributed by atoms with Crippen molar-refractivity contribution < 1.29 is 8.83 Å². The maximum atomic E-state index is 11.0. The lowest BCUT2D eigenvalue weighted by molar-refractivity contribution is 0.559. The molecule has 0 N–H and O–H groups in total. The minimum absolute atomic E-state index is 0. The van der Waals surface area contributed by atoms with E-state index in [1.807, 2.05) is 12.1 Å². The van der Waals surface area contributed by atoms with Crippen LogP contribution >= 0.6 is 12.4 Å². The van der Waals surface area contributed by atoms with Crippen molar-refractivity contribution in [3.8, 4) is 0 Å². The number of rotatable bonds is 0. The first-order valence-corrected chi connectivity index (χ1v) is 4.24. The maximum absolute atomic E-state index is 11.0. The van der Waals surface area contributed by atoms with E-state index in [0.29, 0.717) is 5.58 Å². The Morgan fingerprint density at radius 2 is 1.73 bits per heavy atom.